The molecule has 2 unspecified atom stereocenters. The quantitative estimate of drug-likeness (QED) is 0.0346. The average Bonchev–Trinajstić information content (AvgIpc) is 3.32. The van der Waals surface area contributed by atoms with Crippen LogP contribution in [0.25, 0.3) is 0 Å². The lowest BCUT2D eigenvalue weighted by atomic mass is 9.84. The standard InChI is InChI=1S/C64H100N2/c1-5-7-9-11-13-19-25-29-33-37-63(61-49-47-59(65)51-53(61)3)57-43-39-55(40-44-57)35-31-27-23-21-17-15-16-18-22-24-28-32-36-56-41-45-58(46-42-56)64(62-50-48-60(66)52-54(62)4)38-34-30-26-20-14-12-10-8-6-2/h39-52,63-64H,5-38,65-66H2,1-4H3. The van der Waals surface area contributed by atoms with Gasteiger partial charge < -0.3 is 11.5 Å². The van der Waals surface area contributed by atoms with E-state index in [2.05, 4.69) is 113 Å². The van der Waals surface area contributed by atoms with E-state index in [1.807, 2.05) is 0 Å². The fraction of sp³-hybridized carbons (Fsp3) is 0.625. The maximum atomic E-state index is 6.16. The Hall–Kier alpha value is -3.52. The number of rotatable bonds is 39. The van der Waals surface area contributed by atoms with Crippen molar-refractivity contribution in [3.8, 4) is 0 Å². The molecule has 4 aromatic carbocycles. The van der Waals surface area contributed by atoms with Gasteiger partial charge in [0.25, 0.3) is 0 Å². The third kappa shape index (κ3) is 22.5. The Morgan fingerprint density at radius 2 is 0.591 bits per heavy atom. The molecule has 0 amide bonds. The lowest BCUT2D eigenvalue weighted by Gasteiger charge is -2.21. The fourth-order valence-electron chi connectivity index (χ4n) is 10.8. The molecule has 0 saturated carbocycles. The molecule has 0 aromatic heterocycles. The van der Waals surface area contributed by atoms with Gasteiger partial charge in [-0.3, -0.25) is 0 Å². The SMILES string of the molecule is CCCCCCCCCCCC(c1ccc(CCCCCCCCCCCCCCc2ccc(C(CCCCCCCCCCC)c3ccc(N)cc3C)cc2)cc1)c1ccc(N)cc1C. The van der Waals surface area contributed by atoms with E-state index < -0.39 is 0 Å². The molecule has 366 valence electrons. The van der Waals surface area contributed by atoms with Gasteiger partial charge in [0.15, 0.2) is 0 Å². The van der Waals surface area contributed by atoms with Crippen LogP contribution in [-0.2, 0) is 12.8 Å². The van der Waals surface area contributed by atoms with Gasteiger partial charge in [-0.2, -0.15) is 0 Å². The molecule has 0 aliphatic carbocycles. The molecule has 0 radical (unpaired) electrons. The first-order valence-corrected chi connectivity index (χ1v) is 28.3. The van der Waals surface area contributed by atoms with Gasteiger partial charge >= 0.3 is 0 Å². The maximum absolute atomic E-state index is 6.16. The number of hydrogen-bond acceptors (Lipinski definition) is 2. The molecule has 4 N–H and O–H groups in total. The summed E-state index contributed by atoms with van der Waals surface area (Å²) in [5.41, 5.74) is 25.6. The van der Waals surface area contributed by atoms with Crippen LogP contribution in [0.5, 0.6) is 0 Å². The number of anilines is 2. The topological polar surface area (TPSA) is 52.0 Å². The summed E-state index contributed by atoms with van der Waals surface area (Å²) in [4.78, 5) is 0. The second-order valence-electron chi connectivity index (χ2n) is 20.8. The first kappa shape index (κ1) is 55.1. The van der Waals surface area contributed by atoms with Gasteiger partial charge in [0, 0.05) is 23.2 Å². The van der Waals surface area contributed by atoms with E-state index in [1.165, 1.54) is 263 Å². The summed E-state index contributed by atoms with van der Waals surface area (Å²) in [5, 5.41) is 0. The highest BCUT2D eigenvalue weighted by Gasteiger charge is 2.18. The van der Waals surface area contributed by atoms with E-state index in [0.717, 1.165) is 11.4 Å². The van der Waals surface area contributed by atoms with Crippen LogP contribution in [0.15, 0.2) is 84.9 Å². The van der Waals surface area contributed by atoms with Crippen LogP contribution >= 0.6 is 0 Å². The first-order valence-electron chi connectivity index (χ1n) is 28.3. The summed E-state index contributed by atoms with van der Waals surface area (Å²) in [6, 6.07) is 32.5. The molecule has 4 aromatic rings. The number of nitrogens with two attached hydrogens (primary N) is 2. The number of aryl methyl sites for hydroxylation is 4. The van der Waals surface area contributed by atoms with Crippen LogP contribution in [0.2, 0.25) is 0 Å². The van der Waals surface area contributed by atoms with Gasteiger partial charge in [-0.25, -0.2) is 0 Å². The molecule has 0 saturated heterocycles. The summed E-state index contributed by atoms with van der Waals surface area (Å²) >= 11 is 0. The summed E-state index contributed by atoms with van der Waals surface area (Å²) in [7, 11) is 0. The van der Waals surface area contributed by atoms with Crippen molar-refractivity contribution in [3.05, 3.63) is 129 Å². The molecule has 0 heterocycles. The van der Waals surface area contributed by atoms with E-state index in [-0.39, 0.29) is 0 Å². The van der Waals surface area contributed by atoms with Crippen molar-refractivity contribution in [1.82, 2.24) is 0 Å². The fourth-order valence-corrected chi connectivity index (χ4v) is 10.8. The van der Waals surface area contributed by atoms with Gasteiger partial charge in [0.2, 0.25) is 0 Å². The second kappa shape index (κ2) is 34.7. The van der Waals surface area contributed by atoms with Crippen molar-refractivity contribution in [2.45, 2.75) is 258 Å². The van der Waals surface area contributed by atoms with Crippen LogP contribution in [-0.4, -0.2) is 0 Å². The van der Waals surface area contributed by atoms with Gasteiger partial charge in [-0.15, -0.1) is 0 Å². The van der Waals surface area contributed by atoms with E-state index in [4.69, 9.17) is 11.5 Å². The van der Waals surface area contributed by atoms with Crippen LogP contribution < -0.4 is 11.5 Å². The van der Waals surface area contributed by atoms with Crippen molar-refractivity contribution in [3.63, 3.8) is 0 Å². The molecule has 0 bridgehead atoms. The highest BCUT2D eigenvalue weighted by Crippen LogP contribution is 2.35. The zero-order chi connectivity index (χ0) is 46.9. The van der Waals surface area contributed by atoms with Gasteiger partial charge in [-0.05, 0) is 121 Å². The van der Waals surface area contributed by atoms with Gasteiger partial charge in [0.05, 0.1) is 0 Å². The maximum Gasteiger partial charge on any atom is 0.0316 e. The molecule has 0 spiro atoms. The van der Waals surface area contributed by atoms with Gasteiger partial charge in [0.1, 0.15) is 0 Å². The summed E-state index contributed by atoms with van der Waals surface area (Å²) < 4.78 is 0. The predicted octanol–water partition coefficient (Wildman–Crippen LogP) is 20.0. The number of benzene rings is 4. The minimum absolute atomic E-state index is 0.461. The smallest absolute Gasteiger partial charge is 0.0316 e. The molecule has 2 atom stereocenters. The van der Waals surface area contributed by atoms with Crippen molar-refractivity contribution < 1.29 is 0 Å². The van der Waals surface area contributed by atoms with Crippen molar-refractivity contribution in [1.29, 1.82) is 0 Å². The van der Waals surface area contributed by atoms with E-state index in [0.29, 0.717) is 11.8 Å². The molecule has 0 fully saturated rings. The van der Waals surface area contributed by atoms with E-state index in [9.17, 15) is 0 Å². The molecular formula is C64H100N2. The van der Waals surface area contributed by atoms with Crippen LogP contribution in [0.1, 0.15) is 276 Å². The Balaban J connectivity index is 1.04. The largest absolute Gasteiger partial charge is 0.399 e. The predicted molar refractivity (Wildman–Crippen MR) is 294 cm³/mol. The first-order chi connectivity index (χ1) is 32.4. The lowest BCUT2D eigenvalue weighted by Crippen LogP contribution is -2.05. The summed E-state index contributed by atoms with van der Waals surface area (Å²) in [6.07, 6.45) is 46.2. The molecular weight excluding hydrogens is 797 g/mol. The molecule has 0 aliphatic rings. The van der Waals surface area contributed by atoms with Crippen molar-refractivity contribution >= 4 is 11.4 Å². The Morgan fingerprint density at radius 1 is 0.318 bits per heavy atom. The van der Waals surface area contributed by atoms with Crippen molar-refractivity contribution in [2.75, 3.05) is 11.5 Å². The molecule has 66 heavy (non-hydrogen) atoms. The summed E-state index contributed by atoms with van der Waals surface area (Å²) in [5.74, 6) is 0.922. The van der Waals surface area contributed by atoms with E-state index >= 15 is 0 Å². The van der Waals surface area contributed by atoms with Crippen LogP contribution in [0, 0.1) is 13.8 Å². The van der Waals surface area contributed by atoms with Crippen LogP contribution in [0.3, 0.4) is 0 Å². The Kier molecular flexibility index (Phi) is 29.0. The number of nitrogen functional groups attached to an aromatic ring is 2. The Labute approximate surface area is 408 Å². The zero-order valence-electron chi connectivity index (χ0n) is 43.4. The minimum Gasteiger partial charge on any atom is -0.399 e. The number of unbranched alkanes of at least 4 members (excludes halogenated alkanes) is 27. The molecule has 2 nitrogen and oxygen atoms in total. The molecule has 0 aliphatic heterocycles. The monoisotopic (exact) mass is 897 g/mol. The number of hydrogen-bond donors (Lipinski definition) is 2. The van der Waals surface area contributed by atoms with Crippen LogP contribution in [0.4, 0.5) is 11.4 Å². The zero-order valence-corrected chi connectivity index (χ0v) is 43.4. The molecule has 4 rings (SSSR count). The highest BCUT2D eigenvalue weighted by atomic mass is 14.5. The van der Waals surface area contributed by atoms with E-state index in [1.54, 1.807) is 0 Å². The highest BCUT2D eigenvalue weighted by molar-refractivity contribution is 5.49. The normalized spacial score (nSPS) is 12.5. The van der Waals surface area contributed by atoms with Gasteiger partial charge in [-0.1, -0.05) is 254 Å². The third-order valence-corrected chi connectivity index (χ3v) is 15.0. The second-order valence-corrected chi connectivity index (χ2v) is 20.8. The average molecular weight is 898 g/mol. The Morgan fingerprint density at radius 3 is 0.879 bits per heavy atom. The van der Waals surface area contributed by atoms with Crippen molar-refractivity contribution in [2.24, 2.45) is 0 Å². The molecule has 2 heteroatoms. The minimum atomic E-state index is 0.461. The lowest BCUT2D eigenvalue weighted by molar-refractivity contribution is 0.540. The Bertz CT molecular complexity index is 1650. The third-order valence-electron chi connectivity index (χ3n) is 15.0. The summed E-state index contributed by atoms with van der Waals surface area (Å²) in [6.45, 7) is 9.09.